The van der Waals surface area contributed by atoms with Crippen molar-refractivity contribution >= 4 is 34.8 Å². The van der Waals surface area contributed by atoms with Gasteiger partial charge in [0.15, 0.2) is 0 Å². The average Bonchev–Trinajstić information content (AvgIpc) is 2.56. The third kappa shape index (κ3) is 3.77. The first-order chi connectivity index (χ1) is 11.5. The molecule has 0 saturated heterocycles. The van der Waals surface area contributed by atoms with E-state index in [2.05, 4.69) is 5.32 Å². The van der Waals surface area contributed by atoms with E-state index in [4.69, 9.17) is 11.6 Å². The minimum absolute atomic E-state index is 0.0514. The van der Waals surface area contributed by atoms with Crippen molar-refractivity contribution < 1.29 is 9.59 Å². The Morgan fingerprint density at radius 2 is 1.92 bits per heavy atom. The van der Waals surface area contributed by atoms with Crippen molar-refractivity contribution in [1.82, 2.24) is 0 Å². The van der Waals surface area contributed by atoms with Gasteiger partial charge in [-0.3, -0.25) is 9.59 Å². The summed E-state index contributed by atoms with van der Waals surface area (Å²) in [6.07, 6.45) is 2.16. The van der Waals surface area contributed by atoms with Crippen LogP contribution in [0, 0.1) is 0 Å². The molecule has 124 valence electrons. The molecule has 5 heteroatoms. The minimum atomic E-state index is -0.0727. The molecule has 0 radical (unpaired) electrons. The number of amides is 2. The molecule has 24 heavy (non-hydrogen) atoms. The standard InChI is InChI=1S/C19H19ClN2O2/c1-13(23)22-10-2-3-15-12-17(8-9-18(15)22)21-19(24)11-14-4-6-16(20)7-5-14/h4-9,12H,2-3,10-11H2,1H3,(H,21,24). The van der Waals surface area contributed by atoms with Crippen LogP contribution >= 0.6 is 11.6 Å². The molecular formula is C19H19ClN2O2. The Morgan fingerprint density at radius 1 is 1.17 bits per heavy atom. The van der Waals surface area contributed by atoms with Crippen LogP contribution in [0.15, 0.2) is 42.5 Å². The van der Waals surface area contributed by atoms with E-state index in [1.807, 2.05) is 30.3 Å². The van der Waals surface area contributed by atoms with Crippen LogP contribution in [0.25, 0.3) is 0 Å². The first-order valence-electron chi connectivity index (χ1n) is 7.98. The zero-order valence-corrected chi connectivity index (χ0v) is 14.3. The maximum absolute atomic E-state index is 12.2. The summed E-state index contributed by atoms with van der Waals surface area (Å²) in [6, 6.07) is 13.0. The van der Waals surface area contributed by atoms with Crippen LogP contribution in [0.4, 0.5) is 11.4 Å². The highest BCUT2D eigenvalue weighted by Gasteiger charge is 2.20. The summed E-state index contributed by atoms with van der Waals surface area (Å²) in [5, 5.41) is 3.58. The van der Waals surface area contributed by atoms with Crippen molar-refractivity contribution in [2.75, 3.05) is 16.8 Å². The summed E-state index contributed by atoms with van der Waals surface area (Å²) in [4.78, 5) is 25.7. The van der Waals surface area contributed by atoms with E-state index in [-0.39, 0.29) is 11.8 Å². The lowest BCUT2D eigenvalue weighted by atomic mass is 10.0. The third-order valence-electron chi connectivity index (χ3n) is 4.14. The third-order valence-corrected chi connectivity index (χ3v) is 4.39. The quantitative estimate of drug-likeness (QED) is 0.921. The van der Waals surface area contributed by atoms with Crippen LogP contribution in [0.2, 0.25) is 5.02 Å². The normalized spacial score (nSPS) is 13.3. The van der Waals surface area contributed by atoms with E-state index in [0.717, 1.165) is 41.9 Å². The monoisotopic (exact) mass is 342 g/mol. The Kier molecular flexibility index (Phi) is 4.86. The average molecular weight is 343 g/mol. The molecule has 4 nitrogen and oxygen atoms in total. The van der Waals surface area contributed by atoms with E-state index in [0.29, 0.717) is 11.4 Å². The second-order valence-corrected chi connectivity index (χ2v) is 6.41. The van der Waals surface area contributed by atoms with Gasteiger partial charge in [0.05, 0.1) is 6.42 Å². The number of anilines is 2. The highest BCUT2D eigenvalue weighted by Crippen LogP contribution is 2.29. The number of aryl methyl sites for hydroxylation is 1. The van der Waals surface area contributed by atoms with Gasteiger partial charge in [0.2, 0.25) is 11.8 Å². The summed E-state index contributed by atoms with van der Waals surface area (Å²) in [5.41, 5.74) is 3.72. The Balaban J connectivity index is 1.70. The SMILES string of the molecule is CC(=O)N1CCCc2cc(NC(=O)Cc3ccc(Cl)cc3)ccc21. The number of rotatable bonds is 3. The predicted octanol–water partition coefficient (Wildman–Crippen LogP) is 3.82. The van der Waals surface area contributed by atoms with Gasteiger partial charge in [0.1, 0.15) is 0 Å². The summed E-state index contributed by atoms with van der Waals surface area (Å²) in [7, 11) is 0. The highest BCUT2D eigenvalue weighted by atomic mass is 35.5. The fourth-order valence-electron chi connectivity index (χ4n) is 2.99. The number of hydrogen-bond donors (Lipinski definition) is 1. The highest BCUT2D eigenvalue weighted by molar-refractivity contribution is 6.30. The van der Waals surface area contributed by atoms with Gasteiger partial charge in [-0.1, -0.05) is 23.7 Å². The summed E-state index contributed by atoms with van der Waals surface area (Å²) >= 11 is 5.85. The minimum Gasteiger partial charge on any atom is -0.326 e. The number of halogens is 1. The zero-order chi connectivity index (χ0) is 17.1. The molecule has 1 heterocycles. The summed E-state index contributed by atoms with van der Waals surface area (Å²) < 4.78 is 0. The second kappa shape index (κ2) is 7.05. The topological polar surface area (TPSA) is 49.4 Å². The number of benzene rings is 2. The summed E-state index contributed by atoms with van der Waals surface area (Å²) in [5.74, 6) is -0.0213. The van der Waals surface area contributed by atoms with Crippen LogP contribution in [-0.4, -0.2) is 18.4 Å². The van der Waals surface area contributed by atoms with E-state index in [9.17, 15) is 9.59 Å². The van der Waals surface area contributed by atoms with Gasteiger partial charge in [-0.25, -0.2) is 0 Å². The Morgan fingerprint density at radius 3 is 2.62 bits per heavy atom. The number of nitrogens with zero attached hydrogens (tertiary/aromatic N) is 1. The lowest BCUT2D eigenvalue weighted by molar-refractivity contribution is -0.117. The van der Waals surface area contributed by atoms with Crippen molar-refractivity contribution in [2.24, 2.45) is 0 Å². The van der Waals surface area contributed by atoms with Crippen LogP contribution in [-0.2, 0) is 22.4 Å². The molecule has 1 aliphatic heterocycles. The van der Waals surface area contributed by atoms with Gasteiger partial charge in [-0.05, 0) is 54.3 Å². The first kappa shape index (κ1) is 16.5. The molecular weight excluding hydrogens is 324 g/mol. The van der Waals surface area contributed by atoms with Gasteiger partial charge < -0.3 is 10.2 Å². The van der Waals surface area contributed by atoms with Gasteiger partial charge >= 0.3 is 0 Å². The maximum atomic E-state index is 12.2. The maximum Gasteiger partial charge on any atom is 0.228 e. The number of carbonyl (C=O) groups is 2. The second-order valence-electron chi connectivity index (χ2n) is 5.97. The number of fused-ring (bicyclic) bond motifs is 1. The molecule has 0 aliphatic carbocycles. The Labute approximate surface area is 146 Å². The molecule has 0 atom stereocenters. The Bertz CT molecular complexity index is 771. The first-order valence-corrected chi connectivity index (χ1v) is 8.36. The fraction of sp³-hybridized carbons (Fsp3) is 0.263. The van der Waals surface area contributed by atoms with Crippen LogP contribution in [0.1, 0.15) is 24.5 Å². The molecule has 2 aromatic carbocycles. The van der Waals surface area contributed by atoms with Gasteiger partial charge in [-0.15, -0.1) is 0 Å². The molecule has 2 amide bonds. The van der Waals surface area contributed by atoms with Gasteiger partial charge in [0, 0.05) is 29.9 Å². The van der Waals surface area contributed by atoms with E-state index in [1.54, 1.807) is 24.0 Å². The molecule has 1 aliphatic rings. The molecule has 0 unspecified atom stereocenters. The van der Waals surface area contributed by atoms with Crippen molar-refractivity contribution in [3.8, 4) is 0 Å². The summed E-state index contributed by atoms with van der Waals surface area (Å²) in [6.45, 7) is 2.33. The molecule has 3 rings (SSSR count). The number of carbonyl (C=O) groups excluding carboxylic acids is 2. The zero-order valence-electron chi connectivity index (χ0n) is 13.5. The lowest BCUT2D eigenvalue weighted by Crippen LogP contribution is -2.33. The molecule has 0 fully saturated rings. The largest absolute Gasteiger partial charge is 0.326 e. The van der Waals surface area contributed by atoms with Crippen LogP contribution in [0.3, 0.4) is 0 Å². The predicted molar refractivity (Wildman–Crippen MR) is 96.6 cm³/mol. The molecule has 0 aromatic heterocycles. The number of hydrogen-bond acceptors (Lipinski definition) is 2. The van der Waals surface area contributed by atoms with E-state index in [1.165, 1.54) is 0 Å². The van der Waals surface area contributed by atoms with Crippen molar-refractivity contribution in [3.05, 3.63) is 58.6 Å². The van der Waals surface area contributed by atoms with Gasteiger partial charge in [-0.2, -0.15) is 0 Å². The van der Waals surface area contributed by atoms with Crippen LogP contribution in [0.5, 0.6) is 0 Å². The smallest absolute Gasteiger partial charge is 0.228 e. The number of nitrogens with one attached hydrogen (secondary N) is 1. The molecule has 2 aromatic rings. The molecule has 0 bridgehead atoms. The van der Waals surface area contributed by atoms with Crippen molar-refractivity contribution in [2.45, 2.75) is 26.2 Å². The lowest BCUT2D eigenvalue weighted by Gasteiger charge is -2.29. The Hall–Kier alpha value is -2.33. The van der Waals surface area contributed by atoms with Crippen molar-refractivity contribution in [1.29, 1.82) is 0 Å². The molecule has 0 spiro atoms. The van der Waals surface area contributed by atoms with E-state index < -0.39 is 0 Å². The molecule has 1 N–H and O–H groups in total. The molecule has 0 saturated carbocycles. The van der Waals surface area contributed by atoms with E-state index >= 15 is 0 Å². The fourth-order valence-corrected chi connectivity index (χ4v) is 3.12. The van der Waals surface area contributed by atoms with Crippen molar-refractivity contribution in [3.63, 3.8) is 0 Å². The van der Waals surface area contributed by atoms with Crippen LogP contribution < -0.4 is 10.2 Å². The van der Waals surface area contributed by atoms with Gasteiger partial charge in [0.25, 0.3) is 0 Å².